The lowest BCUT2D eigenvalue weighted by molar-refractivity contribution is -0.138. The zero-order chi connectivity index (χ0) is 18.4. The van der Waals surface area contributed by atoms with E-state index >= 15 is 0 Å². The topological polar surface area (TPSA) is 84.5 Å². The second kappa shape index (κ2) is 8.00. The first-order chi connectivity index (χ1) is 11.8. The van der Waals surface area contributed by atoms with Gasteiger partial charge in [-0.25, -0.2) is 9.59 Å². The third-order valence-corrected chi connectivity index (χ3v) is 3.73. The van der Waals surface area contributed by atoms with Crippen LogP contribution in [0, 0.1) is 0 Å². The van der Waals surface area contributed by atoms with Crippen LogP contribution in [0.4, 0.5) is 18.0 Å². The molecule has 0 aliphatic heterocycles. The molecule has 0 radical (unpaired) electrons. The first-order valence-corrected chi connectivity index (χ1v) is 7.71. The zero-order valence-electron chi connectivity index (χ0n) is 13.2. The van der Waals surface area contributed by atoms with Crippen molar-refractivity contribution in [3.63, 3.8) is 0 Å². The average Bonchev–Trinajstić information content (AvgIpc) is 3.04. The molecule has 136 valence electrons. The van der Waals surface area contributed by atoms with E-state index in [1.165, 1.54) is 6.07 Å². The van der Waals surface area contributed by atoms with Crippen molar-refractivity contribution in [1.82, 2.24) is 10.6 Å². The molecule has 0 spiro atoms. The lowest BCUT2D eigenvalue weighted by Crippen LogP contribution is -2.45. The molecule has 2 rings (SSSR count). The highest BCUT2D eigenvalue weighted by Crippen LogP contribution is 2.32. The summed E-state index contributed by atoms with van der Waals surface area (Å²) < 4.78 is 43.1. The highest BCUT2D eigenvalue weighted by Gasteiger charge is 2.35. The standard InChI is InChI=1S/C16H17F3N2O4/c17-16(18,19)12-8-4-3-7-11(12)14(23)25-9-13(22)21-15(24)20-10-5-1-2-6-10/h3-4,7-8,10H,1-2,5-6,9H2,(H2,20,21,22,24). The quantitative estimate of drug-likeness (QED) is 0.811. The van der Waals surface area contributed by atoms with Crippen molar-refractivity contribution in [1.29, 1.82) is 0 Å². The molecule has 0 aromatic heterocycles. The van der Waals surface area contributed by atoms with Crippen molar-refractivity contribution in [3.05, 3.63) is 35.4 Å². The third-order valence-electron chi connectivity index (χ3n) is 3.73. The first kappa shape index (κ1) is 18.8. The Bertz CT molecular complexity index is 655. The molecule has 0 unspecified atom stereocenters. The molecule has 1 aromatic rings. The minimum atomic E-state index is -4.72. The SMILES string of the molecule is O=C(COC(=O)c1ccccc1C(F)(F)F)NC(=O)NC1CCCC1. The number of rotatable bonds is 4. The summed E-state index contributed by atoms with van der Waals surface area (Å²) in [5.74, 6) is -2.22. The molecule has 25 heavy (non-hydrogen) atoms. The van der Waals surface area contributed by atoms with Gasteiger partial charge in [-0.15, -0.1) is 0 Å². The fourth-order valence-corrected chi connectivity index (χ4v) is 2.57. The molecule has 0 saturated heterocycles. The molecule has 0 atom stereocenters. The van der Waals surface area contributed by atoms with E-state index < -0.39 is 41.8 Å². The Balaban J connectivity index is 1.85. The number of carbonyl (C=O) groups is 3. The van der Waals surface area contributed by atoms with Gasteiger partial charge >= 0.3 is 18.2 Å². The summed E-state index contributed by atoms with van der Waals surface area (Å²) >= 11 is 0. The molecule has 1 aliphatic carbocycles. The van der Waals surface area contributed by atoms with E-state index in [9.17, 15) is 27.6 Å². The fraction of sp³-hybridized carbons (Fsp3) is 0.438. The second-order valence-corrected chi connectivity index (χ2v) is 5.62. The lowest BCUT2D eigenvalue weighted by atomic mass is 10.1. The van der Waals surface area contributed by atoms with Crippen LogP contribution < -0.4 is 10.6 Å². The Morgan fingerprint density at radius 3 is 2.40 bits per heavy atom. The second-order valence-electron chi connectivity index (χ2n) is 5.62. The predicted octanol–water partition coefficient (Wildman–Crippen LogP) is 2.63. The van der Waals surface area contributed by atoms with Crippen molar-refractivity contribution in [3.8, 4) is 0 Å². The molecule has 0 heterocycles. The number of halogens is 3. The molecule has 3 amide bonds. The number of alkyl halides is 3. The Kier molecular flexibility index (Phi) is 6.00. The third kappa shape index (κ3) is 5.47. The number of esters is 1. The van der Waals surface area contributed by atoms with E-state index in [2.05, 4.69) is 10.1 Å². The van der Waals surface area contributed by atoms with E-state index in [-0.39, 0.29) is 6.04 Å². The lowest BCUT2D eigenvalue weighted by Gasteiger charge is -2.13. The maximum atomic E-state index is 12.8. The molecule has 1 saturated carbocycles. The summed E-state index contributed by atoms with van der Waals surface area (Å²) in [6, 6.07) is 3.36. The molecule has 0 bridgehead atoms. The van der Waals surface area contributed by atoms with Crippen molar-refractivity contribution in [2.45, 2.75) is 37.9 Å². The fourth-order valence-electron chi connectivity index (χ4n) is 2.57. The molecular formula is C16H17F3N2O4. The van der Waals surface area contributed by atoms with Crippen molar-refractivity contribution >= 4 is 17.9 Å². The largest absolute Gasteiger partial charge is 0.452 e. The minimum Gasteiger partial charge on any atom is -0.452 e. The summed E-state index contributed by atoms with van der Waals surface area (Å²) in [7, 11) is 0. The van der Waals surface area contributed by atoms with Crippen LogP contribution >= 0.6 is 0 Å². The van der Waals surface area contributed by atoms with Gasteiger partial charge < -0.3 is 10.1 Å². The minimum absolute atomic E-state index is 0.00554. The smallest absolute Gasteiger partial charge is 0.417 e. The van der Waals surface area contributed by atoms with Gasteiger partial charge in [-0.2, -0.15) is 13.2 Å². The monoisotopic (exact) mass is 358 g/mol. The predicted molar refractivity (Wildman–Crippen MR) is 80.7 cm³/mol. The molecule has 1 aliphatic rings. The van der Waals surface area contributed by atoms with E-state index in [0.29, 0.717) is 0 Å². The van der Waals surface area contributed by atoms with Crippen LogP contribution in [0.3, 0.4) is 0 Å². The Hall–Kier alpha value is -2.58. The number of urea groups is 1. The van der Waals surface area contributed by atoms with E-state index in [1.54, 1.807) is 0 Å². The van der Waals surface area contributed by atoms with Crippen LogP contribution in [-0.4, -0.2) is 30.6 Å². The molecule has 9 heteroatoms. The summed E-state index contributed by atoms with van der Waals surface area (Å²) in [6.45, 7) is -0.858. The van der Waals surface area contributed by atoms with Gasteiger partial charge in [0.05, 0.1) is 11.1 Å². The molecule has 1 aromatic carbocycles. The van der Waals surface area contributed by atoms with Crippen molar-refractivity contribution < 1.29 is 32.3 Å². The average molecular weight is 358 g/mol. The van der Waals surface area contributed by atoms with Gasteiger partial charge in [0, 0.05) is 6.04 Å². The van der Waals surface area contributed by atoms with Gasteiger partial charge in [0.1, 0.15) is 0 Å². The van der Waals surface area contributed by atoms with Crippen LogP contribution in [0.25, 0.3) is 0 Å². The van der Waals surface area contributed by atoms with Gasteiger partial charge in [-0.05, 0) is 25.0 Å². The van der Waals surface area contributed by atoms with Gasteiger partial charge in [0.15, 0.2) is 6.61 Å². The van der Waals surface area contributed by atoms with Crippen LogP contribution in [0.2, 0.25) is 0 Å². The van der Waals surface area contributed by atoms with E-state index in [1.807, 2.05) is 5.32 Å². The van der Waals surface area contributed by atoms with Crippen molar-refractivity contribution in [2.75, 3.05) is 6.61 Å². The Morgan fingerprint density at radius 1 is 1.12 bits per heavy atom. The van der Waals surface area contributed by atoms with Gasteiger partial charge in [-0.1, -0.05) is 25.0 Å². The zero-order valence-corrected chi connectivity index (χ0v) is 13.2. The maximum Gasteiger partial charge on any atom is 0.417 e. The number of imide groups is 1. The summed E-state index contributed by atoms with van der Waals surface area (Å²) in [4.78, 5) is 34.9. The molecule has 1 fully saturated rings. The van der Waals surface area contributed by atoms with Crippen LogP contribution in [0.15, 0.2) is 24.3 Å². The number of benzene rings is 1. The van der Waals surface area contributed by atoms with Crippen LogP contribution in [0.5, 0.6) is 0 Å². The first-order valence-electron chi connectivity index (χ1n) is 7.71. The number of hydrogen-bond acceptors (Lipinski definition) is 4. The normalized spacial score (nSPS) is 14.8. The molecule has 2 N–H and O–H groups in total. The summed E-state index contributed by atoms with van der Waals surface area (Å²) in [5.41, 5.74) is -1.85. The Labute approximate surface area is 141 Å². The highest BCUT2D eigenvalue weighted by molar-refractivity contribution is 5.97. The summed E-state index contributed by atoms with van der Waals surface area (Å²) in [5, 5.41) is 4.57. The van der Waals surface area contributed by atoms with Crippen molar-refractivity contribution in [2.24, 2.45) is 0 Å². The van der Waals surface area contributed by atoms with E-state index in [0.717, 1.165) is 43.9 Å². The van der Waals surface area contributed by atoms with Gasteiger partial charge in [0.2, 0.25) is 0 Å². The number of amides is 3. The van der Waals surface area contributed by atoms with Crippen LogP contribution in [-0.2, 0) is 15.7 Å². The number of ether oxygens (including phenoxy) is 1. The van der Waals surface area contributed by atoms with Crippen LogP contribution in [0.1, 0.15) is 41.6 Å². The number of carbonyl (C=O) groups excluding carboxylic acids is 3. The maximum absolute atomic E-state index is 12.8. The van der Waals surface area contributed by atoms with E-state index in [4.69, 9.17) is 0 Å². The highest BCUT2D eigenvalue weighted by atomic mass is 19.4. The molecule has 6 nitrogen and oxygen atoms in total. The Morgan fingerprint density at radius 2 is 1.76 bits per heavy atom. The van der Waals surface area contributed by atoms with Gasteiger partial charge in [0.25, 0.3) is 5.91 Å². The molecular weight excluding hydrogens is 341 g/mol. The van der Waals surface area contributed by atoms with Gasteiger partial charge in [-0.3, -0.25) is 10.1 Å². The number of hydrogen-bond donors (Lipinski definition) is 2. The number of nitrogens with one attached hydrogen (secondary N) is 2. The summed E-state index contributed by atoms with van der Waals surface area (Å²) in [6.07, 6.45) is -1.08.